The third-order valence-corrected chi connectivity index (χ3v) is 14.2. The standard InChI is InChI=1S/C52H52N2/c1-33-19-11-13-21-37(33)47-39-29-27-35(53-45-25-17-15-23-43(45)49(3,4)51(53,7)8)31-41(39)48(38-22-14-12-20-34(38)2)42-32-36(28-30-40(42)47)54-46-26-18-16-24-44(46)50(5,6)52(54,9)10/h11-32H,1-10H3. The molecule has 0 amide bonds. The maximum absolute atomic E-state index is 2.60. The first kappa shape index (κ1) is 34.4. The summed E-state index contributed by atoms with van der Waals surface area (Å²) in [4.78, 5) is 5.20. The summed E-state index contributed by atoms with van der Waals surface area (Å²) in [7, 11) is 0. The van der Waals surface area contributed by atoms with Crippen molar-refractivity contribution in [2.75, 3.05) is 9.80 Å². The van der Waals surface area contributed by atoms with E-state index in [2.05, 4.69) is 212 Å². The molecule has 7 aromatic rings. The van der Waals surface area contributed by atoms with Crippen LogP contribution in [0.3, 0.4) is 0 Å². The molecule has 2 heteroatoms. The van der Waals surface area contributed by atoms with E-state index in [1.54, 1.807) is 0 Å². The summed E-state index contributed by atoms with van der Waals surface area (Å²) in [6.07, 6.45) is 0. The van der Waals surface area contributed by atoms with Crippen LogP contribution in [-0.2, 0) is 10.8 Å². The Kier molecular flexibility index (Phi) is 7.38. The quantitative estimate of drug-likeness (QED) is 0.168. The van der Waals surface area contributed by atoms with Crippen LogP contribution < -0.4 is 9.80 Å². The van der Waals surface area contributed by atoms with Gasteiger partial charge in [0.15, 0.2) is 0 Å². The van der Waals surface area contributed by atoms with E-state index in [0.717, 1.165) is 0 Å². The Hall–Kier alpha value is -5.34. The SMILES string of the molecule is Cc1ccccc1-c1c2ccc(N3c4ccccc4C(C)(C)C3(C)C)cc2c(-c2ccccc2C)c2cc(N3c4ccccc4C(C)(C)C3(C)C)ccc12. The molecular weight excluding hydrogens is 653 g/mol. The number of hydrogen-bond donors (Lipinski definition) is 0. The van der Waals surface area contributed by atoms with Gasteiger partial charge in [-0.2, -0.15) is 0 Å². The highest BCUT2D eigenvalue weighted by Gasteiger charge is 2.52. The summed E-state index contributed by atoms with van der Waals surface area (Å²) in [5, 5.41) is 5.13. The van der Waals surface area contributed by atoms with Gasteiger partial charge in [0, 0.05) is 44.7 Å². The fourth-order valence-corrected chi connectivity index (χ4v) is 9.91. The molecule has 0 N–H and O–H groups in total. The Morgan fingerprint density at radius 1 is 0.370 bits per heavy atom. The van der Waals surface area contributed by atoms with Crippen molar-refractivity contribution in [3.8, 4) is 22.3 Å². The molecule has 0 aliphatic carbocycles. The first-order valence-corrected chi connectivity index (χ1v) is 19.6. The Bertz CT molecular complexity index is 2520. The van der Waals surface area contributed by atoms with E-state index in [0.29, 0.717) is 0 Å². The minimum absolute atomic E-state index is 0.0470. The van der Waals surface area contributed by atoms with Gasteiger partial charge in [-0.05, 0) is 144 Å². The van der Waals surface area contributed by atoms with Crippen LogP contribution in [-0.4, -0.2) is 11.1 Å². The number of anilines is 4. The largest absolute Gasteiger partial charge is 0.335 e. The Morgan fingerprint density at radius 2 is 0.722 bits per heavy atom. The van der Waals surface area contributed by atoms with Crippen molar-refractivity contribution in [1.29, 1.82) is 0 Å². The predicted molar refractivity (Wildman–Crippen MR) is 233 cm³/mol. The number of nitrogens with zero attached hydrogens (tertiary/aromatic N) is 2. The lowest BCUT2D eigenvalue weighted by molar-refractivity contribution is 0.330. The number of hydrogen-bond acceptors (Lipinski definition) is 2. The first-order valence-electron chi connectivity index (χ1n) is 19.6. The molecule has 2 heterocycles. The number of fused-ring (bicyclic) bond motifs is 4. The molecule has 0 saturated heterocycles. The second-order valence-corrected chi connectivity index (χ2v) is 17.9. The lowest BCUT2D eigenvalue weighted by Gasteiger charge is -2.43. The highest BCUT2D eigenvalue weighted by Crippen LogP contribution is 2.57. The van der Waals surface area contributed by atoms with Crippen LogP contribution >= 0.6 is 0 Å². The molecule has 2 aliphatic heterocycles. The fraction of sp³-hybridized carbons (Fsp3) is 0.269. The Labute approximate surface area is 322 Å². The average Bonchev–Trinajstić information content (AvgIpc) is 3.41. The van der Waals surface area contributed by atoms with Crippen LogP contribution in [0.5, 0.6) is 0 Å². The topological polar surface area (TPSA) is 6.48 Å². The molecular formula is C52H52N2. The van der Waals surface area contributed by atoms with Gasteiger partial charge in [0.05, 0.1) is 0 Å². The molecule has 0 bridgehead atoms. The van der Waals surface area contributed by atoms with Gasteiger partial charge in [-0.15, -0.1) is 0 Å². The van der Waals surface area contributed by atoms with Crippen molar-refractivity contribution in [2.45, 2.75) is 91.1 Å². The van der Waals surface area contributed by atoms with Gasteiger partial charge in [-0.3, -0.25) is 0 Å². The third-order valence-electron chi connectivity index (χ3n) is 14.2. The lowest BCUT2D eigenvalue weighted by Crippen LogP contribution is -2.48. The summed E-state index contributed by atoms with van der Waals surface area (Å²) >= 11 is 0. The highest BCUT2D eigenvalue weighted by atomic mass is 15.2. The molecule has 0 aromatic heterocycles. The zero-order valence-electron chi connectivity index (χ0n) is 33.6. The van der Waals surface area contributed by atoms with Gasteiger partial charge in [0.1, 0.15) is 0 Å². The molecule has 0 unspecified atom stereocenters. The third kappa shape index (κ3) is 4.52. The smallest absolute Gasteiger partial charge is 0.0487 e. The molecule has 0 saturated carbocycles. The Morgan fingerprint density at radius 3 is 1.13 bits per heavy atom. The van der Waals surface area contributed by atoms with Crippen molar-refractivity contribution < 1.29 is 0 Å². The average molecular weight is 705 g/mol. The van der Waals surface area contributed by atoms with E-state index in [4.69, 9.17) is 0 Å². The van der Waals surface area contributed by atoms with Crippen LogP contribution in [0.25, 0.3) is 43.8 Å². The van der Waals surface area contributed by atoms with E-state index in [-0.39, 0.29) is 21.9 Å². The van der Waals surface area contributed by atoms with Gasteiger partial charge in [-0.25, -0.2) is 0 Å². The molecule has 2 nitrogen and oxygen atoms in total. The van der Waals surface area contributed by atoms with E-state index in [1.165, 1.54) is 88.8 Å². The number of para-hydroxylation sites is 2. The molecule has 0 atom stereocenters. The van der Waals surface area contributed by atoms with Crippen molar-refractivity contribution in [2.24, 2.45) is 0 Å². The van der Waals surface area contributed by atoms with E-state index < -0.39 is 0 Å². The summed E-state index contributed by atoms with van der Waals surface area (Å²) in [6, 6.07) is 50.5. The molecule has 7 aromatic carbocycles. The zero-order chi connectivity index (χ0) is 37.9. The highest BCUT2D eigenvalue weighted by molar-refractivity contribution is 6.23. The van der Waals surface area contributed by atoms with Crippen LogP contribution in [0.15, 0.2) is 133 Å². The minimum atomic E-state index is -0.155. The first-order chi connectivity index (χ1) is 25.7. The van der Waals surface area contributed by atoms with Crippen LogP contribution in [0.4, 0.5) is 22.7 Å². The summed E-state index contributed by atoms with van der Waals surface area (Å²) in [5.74, 6) is 0. The number of rotatable bonds is 4. The number of aryl methyl sites for hydroxylation is 2. The van der Waals surface area contributed by atoms with Crippen molar-refractivity contribution in [1.82, 2.24) is 0 Å². The van der Waals surface area contributed by atoms with Crippen molar-refractivity contribution in [3.05, 3.63) is 156 Å². The van der Waals surface area contributed by atoms with Gasteiger partial charge in [-0.1, -0.05) is 125 Å². The van der Waals surface area contributed by atoms with Gasteiger partial charge in [0.25, 0.3) is 0 Å². The normalized spacial score (nSPS) is 17.6. The van der Waals surface area contributed by atoms with Gasteiger partial charge >= 0.3 is 0 Å². The number of benzene rings is 7. The minimum Gasteiger partial charge on any atom is -0.335 e. The van der Waals surface area contributed by atoms with Crippen LogP contribution in [0.2, 0.25) is 0 Å². The maximum Gasteiger partial charge on any atom is 0.0487 e. The fourth-order valence-electron chi connectivity index (χ4n) is 9.91. The van der Waals surface area contributed by atoms with Crippen LogP contribution in [0.1, 0.15) is 77.6 Å². The molecule has 0 fully saturated rings. The van der Waals surface area contributed by atoms with E-state index >= 15 is 0 Å². The Balaban J connectivity index is 1.42. The summed E-state index contributed by atoms with van der Waals surface area (Å²) in [6.45, 7) is 23.7. The maximum atomic E-state index is 2.60. The summed E-state index contributed by atoms with van der Waals surface area (Å²) in [5.41, 5.74) is 15.2. The van der Waals surface area contributed by atoms with E-state index in [9.17, 15) is 0 Å². The molecule has 54 heavy (non-hydrogen) atoms. The second-order valence-electron chi connectivity index (χ2n) is 17.9. The van der Waals surface area contributed by atoms with Crippen molar-refractivity contribution >= 4 is 44.3 Å². The zero-order valence-corrected chi connectivity index (χ0v) is 33.6. The van der Waals surface area contributed by atoms with Gasteiger partial charge < -0.3 is 9.80 Å². The second kappa shape index (κ2) is 11.6. The summed E-state index contributed by atoms with van der Waals surface area (Å²) < 4.78 is 0. The molecule has 2 aliphatic rings. The van der Waals surface area contributed by atoms with E-state index in [1.807, 2.05) is 0 Å². The van der Waals surface area contributed by atoms with Crippen LogP contribution in [0, 0.1) is 13.8 Å². The predicted octanol–water partition coefficient (Wildman–Crippen LogP) is 14.4. The van der Waals surface area contributed by atoms with Gasteiger partial charge in [0.2, 0.25) is 0 Å². The molecule has 0 spiro atoms. The monoisotopic (exact) mass is 704 g/mol. The van der Waals surface area contributed by atoms with Crippen molar-refractivity contribution in [3.63, 3.8) is 0 Å². The molecule has 270 valence electrons. The molecule has 9 rings (SSSR count). The lowest BCUT2D eigenvalue weighted by atomic mass is 9.72. The molecule has 0 radical (unpaired) electrons.